The van der Waals surface area contributed by atoms with Crippen molar-refractivity contribution in [2.75, 3.05) is 39.6 Å². The predicted octanol–water partition coefficient (Wildman–Crippen LogP) is 22.2. The molecule has 0 aromatic heterocycles. The van der Waals surface area contributed by atoms with Crippen molar-refractivity contribution in [3.63, 3.8) is 0 Å². The van der Waals surface area contributed by atoms with Gasteiger partial charge in [-0.2, -0.15) is 0 Å². The summed E-state index contributed by atoms with van der Waals surface area (Å²) in [7, 11) is -9.91. The first-order valence-electron chi connectivity index (χ1n) is 39.4. The largest absolute Gasteiger partial charge is 0.472 e. The van der Waals surface area contributed by atoms with Gasteiger partial charge in [-0.15, -0.1) is 0 Å². The third-order valence-electron chi connectivity index (χ3n) is 18.0. The fraction of sp³-hybridized carbons (Fsp3) is 0.947. The molecule has 19 heteroatoms. The maximum atomic E-state index is 13.1. The summed E-state index contributed by atoms with van der Waals surface area (Å²) >= 11 is 0. The van der Waals surface area contributed by atoms with Crippen molar-refractivity contribution >= 4 is 39.5 Å². The van der Waals surface area contributed by atoms with Crippen molar-refractivity contribution in [2.24, 2.45) is 17.8 Å². The Kier molecular flexibility index (Phi) is 65.2. The smallest absolute Gasteiger partial charge is 0.462 e. The number of esters is 4. The van der Waals surface area contributed by atoms with E-state index >= 15 is 0 Å². The molecule has 0 aromatic rings. The molecule has 0 aliphatic heterocycles. The molecular formula is C76H148O17P2. The van der Waals surface area contributed by atoms with Crippen molar-refractivity contribution in [3.05, 3.63) is 0 Å². The Balaban J connectivity index is 5.24. The van der Waals surface area contributed by atoms with Crippen LogP contribution in [0.4, 0.5) is 0 Å². The van der Waals surface area contributed by atoms with Gasteiger partial charge in [-0.05, 0) is 43.4 Å². The van der Waals surface area contributed by atoms with Crippen molar-refractivity contribution in [1.82, 2.24) is 0 Å². The molecule has 0 saturated heterocycles. The number of unbranched alkanes of at least 4 members (excludes halogenated alkanes) is 41. The normalized spacial score (nSPS) is 14.4. The van der Waals surface area contributed by atoms with Crippen molar-refractivity contribution < 1.29 is 80.2 Å². The van der Waals surface area contributed by atoms with Crippen LogP contribution in [0.25, 0.3) is 0 Å². The van der Waals surface area contributed by atoms with Crippen LogP contribution < -0.4 is 0 Å². The number of rotatable bonds is 74. The zero-order chi connectivity index (χ0) is 70.1. The minimum Gasteiger partial charge on any atom is -0.462 e. The summed E-state index contributed by atoms with van der Waals surface area (Å²) < 4.78 is 68.5. The highest BCUT2D eigenvalue weighted by Gasteiger charge is 2.30. The summed E-state index contributed by atoms with van der Waals surface area (Å²) in [6.45, 7) is 11.9. The van der Waals surface area contributed by atoms with Gasteiger partial charge in [0.25, 0.3) is 0 Å². The lowest BCUT2D eigenvalue weighted by Gasteiger charge is -2.21. The summed E-state index contributed by atoms with van der Waals surface area (Å²) in [5.41, 5.74) is 0. The van der Waals surface area contributed by atoms with E-state index < -0.39 is 97.5 Å². The van der Waals surface area contributed by atoms with Crippen LogP contribution in [-0.4, -0.2) is 96.7 Å². The highest BCUT2D eigenvalue weighted by molar-refractivity contribution is 7.47. The van der Waals surface area contributed by atoms with E-state index in [1.807, 2.05) is 0 Å². The second-order valence-electron chi connectivity index (χ2n) is 28.6. The Bertz CT molecular complexity index is 1850. The molecule has 0 amide bonds. The zero-order valence-corrected chi connectivity index (χ0v) is 63.9. The van der Waals surface area contributed by atoms with Gasteiger partial charge in [0.1, 0.15) is 19.3 Å². The molecule has 0 radical (unpaired) electrons. The highest BCUT2D eigenvalue weighted by Crippen LogP contribution is 2.45. The fourth-order valence-electron chi connectivity index (χ4n) is 11.6. The first-order chi connectivity index (χ1) is 45.8. The van der Waals surface area contributed by atoms with E-state index in [1.54, 1.807) is 0 Å². The zero-order valence-electron chi connectivity index (χ0n) is 62.1. The Morgan fingerprint density at radius 3 is 0.800 bits per heavy atom. The fourth-order valence-corrected chi connectivity index (χ4v) is 13.1. The molecule has 0 aliphatic rings. The molecule has 6 atom stereocenters. The summed E-state index contributed by atoms with van der Waals surface area (Å²) in [6, 6.07) is 0. The lowest BCUT2D eigenvalue weighted by molar-refractivity contribution is -0.161. The number of hydrogen-bond donors (Lipinski definition) is 3. The predicted molar refractivity (Wildman–Crippen MR) is 386 cm³/mol. The lowest BCUT2D eigenvalue weighted by atomic mass is 9.99. The van der Waals surface area contributed by atoms with E-state index in [0.29, 0.717) is 31.6 Å². The third kappa shape index (κ3) is 69.0. The van der Waals surface area contributed by atoms with Crippen LogP contribution in [0.5, 0.6) is 0 Å². The van der Waals surface area contributed by atoms with E-state index in [1.165, 1.54) is 193 Å². The molecule has 0 heterocycles. The van der Waals surface area contributed by atoms with Crippen LogP contribution >= 0.6 is 15.6 Å². The summed E-state index contributed by atoms with van der Waals surface area (Å²) in [6.07, 6.45) is 52.7. The minimum atomic E-state index is -4.96. The first kappa shape index (κ1) is 93.1. The minimum absolute atomic E-state index is 0.107. The molecule has 3 unspecified atom stereocenters. The molecule has 3 N–H and O–H groups in total. The van der Waals surface area contributed by atoms with E-state index in [4.69, 9.17) is 37.0 Å². The van der Waals surface area contributed by atoms with Crippen LogP contribution in [0.15, 0.2) is 0 Å². The van der Waals surface area contributed by atoms with Gasteiger partial charge in [-0.25, -0.2) is 9.13 Å². The van der Waals surface area contributed by atoms with E-state index in [2.05, 4.69) is 48.5 Å². The molecule has 95 heavy (non-hydrogen) atoms. The topological polar surface area (TPSA) is 237 Å². The molecule has 564 valence electrons. The highest BCUT2D eigenvalue weighted by atomic mass is 31.2. The van der Waals surface area contributed by atoms with Gasteiger partial charge in [0, 0.05) is 25.7 Å². The van der Waals surface area contributed by atoms with Gasteiger partial charge < -0.3 is 33.8 Å². The lowest BCUT2D eigenvalue weighted by Crippen LogP contribution is -2.30. The third-order valence-corrected chi connectivity index (χ3v) is 19.9. The second-order valence-corrected chi connectivity index (χ2v) is 31.5. The van der Waals surface area contributed by atoms with Crippen molar-refractivity contribution in [3.8, 4) is 0 Å². The molecule has 0 saturated carbocycles. The SMILES string of the molecule is CCCCCCCCCCCCCCCCC(=O)O[C@H](COC(=O)CCCCCCCCC(C)C)COP(=O)(O)OC[C@H](O)COP(=O)(O)OC[C@@H](COC(=O)CCCCCCCCCCCCC(C)CC)OC(=O)CCCCCCCCCCCCCCCCCC(C)C. The van der Waals surface area contributed by atoms with Gasteiger partial charge in [0.2, 0.25) is 0 Å². The Hall–Kier alpha value is -1.94. The molecule has 0 bridgehead atoms. The van der Waals surface area contributed by atoms with E-state index in [-0.39, 0.29) is 25.7 Å². The summed E-state index contributed by atoms with van der Waals surface area (Å²) in [4.78, 5) is 72.8. The van der Waals surface area contributed by atoms with Crippen molar-refractivity contribution in [2.45, 2.75) is 407 Å². The number of carbonyl (C=O) groups is 4. The molecule has 0 rings (SSSR count). The Morgan fingerprint density at radius 2 is 0.537 bits per heavy atom. The van der Waals surface area contributed by atoms with E-state index in [0.717, 1.165) is 108 Å². The molecule has 0 spiro atoms. The Morgan fingerprint density at radius 1 is 0.305 bits per heavy atom. The molecule has 0 aliphatic carbocycles. The number of hydrogen-bond acceptors (Lipinski definition) is 15. The van der Waals surface area contributed by atoms with Gasteiger partial charge in [0.05, 0.1) is 26.4 Å². The number of phosphoric ester groups is 2. The number of ether oxygens (including phenoxy) is 4. The van der Waals surface area contributed by atoms with Crippen LogP contribution in [0.3, 0.4) is 0 Å². The van der Waals surface area contributed by atoms with Gasteiger partial charge in [-0.1, -0.05) is 337 Å². The monoisotopic (exact) mass is 1400 g/mol. The van der Waals surface area contributed by atoms with Crippen LogP contribution in [0.1, 0.15) is 389 Å². The van der Waals surface area contributed by atoms with Gasteiger partial charge >= 0.3 is 39.5 Å². The average Bonchev–Trinajstić information content (AvgIpc) is 2.04. The van der Waals surface area contributed by atoms with E-state index in [9.17, 15) is 43.2 Å². The van der Waals surface area contributed by atoms with Crippen LogP contribution in [-0.2, 0) is 65.4 Å². The molecule has 0 aromatic carbocycles. The quantitative estimate of drug-likeness (QED) is 0.0222. The first-order valence-corrected chi connectivity index (χ1v) is 42.4. The molecule has 17 nitrogen and oxygen atoms in total. The number of carbonyl (C=O) groups excluding carboxylic acids is 4. The van der Waals surface area contributed by atoms with Gasteiger partial charge in [-0.3, -0.25) is 37.3 Å². The molecular weight excluding hydrogens is 1250 g/mol. The summed E-state index contributed by atoms with van der Waals surface area (Å²) in [5.74, 6) is 0.173. The summed E-state index contributed by atoms with van der Waals surface area (Å²) in [5, 5.41) is 10.6. The number of phosphoric acid groups is 2. The van der Waals surface area contributed by atoms with Gasteiger partial charge in [0.15, 0.2) is 12.2 Å². The number of aliphatic hydroxyl groups is 1. The standard InChI is InChI=1S/C76H148O17P2/c1-8-10-11-12-13-14-15-16-21-24-31-36-45-52-59-76(81)93-72(64-87-74(79)58-51-44-39-38-41-48-55-68(5)6)66-91-95(84,85)89-62-70(77)61-88-94(82,83)90-65-71(63-86-73(78)57-50-43-35-30-27-26-29-34-42-49-56-69(7)9-2)92-75(80)60-53-46-37-32-25-22-19-17-18-20-23-28-33-40-47-54-67(3)4/h67-72,77H,8-66H2,1-7H3,(H,82,83)(H,84,85)/t69?,70-,71-,72-/m1/s1. The van der Waals surface area contributed by atoms with Crippen LogP contribution in [0, 0.1) is 17.8 Å². The number of aliphatic hydroxyl groups excluding tert-OH is 1. The second kappa shape index (κ2) is 66.6. The Labute approximate surface area is 581 Å². The van der Waals surface area contributed by atoms with Crippen LogP contribution in [0.2, 0.25) is 0 Å². The molecule has 0 fully saturated rings. The maximum Gasteiger partial charge on any atom is 0.472 e. The van der Waals surface area contributed by atoms with Crippen molar-refractivity contribution in [1.29, 1.82) is 0 Å². The maximum absolute atomic E-state index is 13.1. The average molecular weight is 1400 g/mol.